The highest BCUT2D eigenvalue weighted by atomic mass is 19.1. The smallest absolute Gasteiger partial charge is 0.262 e. The lowest BCUT2D eigenvalue weighted by atomic mass is 9.97. The SMILES string of the molecule is COc1ccc(C2=NN(C(=O)CN(CCN3CCOCC3)C(=O)c3ccccc3F)C(c3ccc(C)cc3)C2)cc1. The maximum absolute atomic E-state index is 14.6. The van der Waals surface area contributed by atoms with Gasteiger partial charge in [-0.05, 0) is 54.4 Å². The third kappa shape index (κ3) is 6.81. The molecule has 1 fully saturated rings. The molecule has 2 amide bonds. The number of hydrazone groups is 1. The van der Waals surface area contributed by atoms with Crippen LogP contribution in [0.1, 0.15) is 39.5 Å². The molecule has 0 N–H and O–H groups in total. The number of carbonyl (C=O) groups is 2. The molecule has 2 aliphatic rings. The molecule has 0 radical (unpaired) electrons. The first-order valence-electron chi connectivity index (χ1n) is 13.9. The van der Waals surface area contributed by atoms with Crippen LogP contribution in [0, 0.1) is 12.7 Å². The first-order chi connectivity index (χ1) is 19.9. The molecule has 8 nitrogen and oxygen atoms in total. The Morgan fingerprint density at radius 1 is 1.02 bits per heavy atom. The summed E-state index contributed by atoms with van der Waals surface area (Å²) in [6.07, 6.45) is 0.524. The number of rotatable bonds is 9. The van der Waals surface area contributed by atoms with Crippen molar-refractivity contribution in [3.05, 3.63) is 101 Å². The van der Waals surface area contributed by atoms with Gasteiger partial charge >= 0.3 is 0 Å². The summed E-state index contributed by atoms with van der Waals surface area (Å²) in [7, 11) is 1.61. The van der Waals surface area contributed by atoms with E-state index in [4.69, 9.17) is 14.6 Å². The minimum Gasteiger partial charge on any atom is -0.497 e. The van der Waals surface area contributed by atoms with E-state index in [9.17, 15) is 14.0 Å². The molecule has 0 aliphatic carbocycles. The van der Waals surface area contributed by atoms with Gasteiger partial charge in [-0.15, -0.1) is 0 Å². The van der Waals surface area contributed by atoms with Crippen molar-refractivity contribution >= 4 is 17.5 Å². The third-order valence-electron chi connectivity index (χ3n) is 7.56. The number of methoxy groups -OCH3 is 1. The summed E-state index contributed by atoms with van der Waals surface area (Å²) in [5.41, 5.74) is 3.68. The third-order valence-corrected chi connectivity index (χ3v) is 7.56. The number of hydrogen-bond donors (Lipinski definition) is 0. The molecule has 2 aliphatic heterocycles. The van der Waals surface area contributed by atoms with E-state index in [1.807, 2.05) is 55.5 Å². The predicted octanol–water partition coefficient (Wildman–Crippen LogP) is 4.30. The van der Waals surface area contributed by atoms with E-state index >= 15 is 0 Å². The van der Waals surface area contributed by atoms with Crippen LogP contribution in [-0.4, -0.2) is 85.4 Å². The van der Waals surface area contributed by atoms with Crippen LogP contribution in [0.25, 0.3) is 0 Å². The second-order valence-corrected chi connectivity index (χ2v) is 10.3. The average molecular weight is 559 g/mol. The lowest BCUT2D eigenvalue weighted by molar-refractivity contribution is -0.133. The first-order valence-corrected chi connectivity index (χ1v) is 13.9. The van der Waals surface area contributed by atoms with Gasteiger partial charge < -0.3 is 14.4 Å². The van der Waals surface area contributed by atoms with E-state index in [0.717, 1.165) is 41.2 Å². The van der Waals surface area contributed by atoms with Gasteiger partial charge in [-0.2, -0.15) is 5.10 Å². The average Bonchev–Trinajstić information content (AvgIpc) is 3.46. The van der Waals surface area contributed by atoms with Crippen molar-refractivity contribution in [2.75, 3.05) is 53.0 Å². The van der Waals surface area contributed by atoms with Crippen molar-refractivity contribution in [3.63, 3.8) is 0 Å². The maximum atomic E-state index is 14.6. The molecule has 0 saturated carbocycles. The molecule has 214 valence electrons. The molecule has 2 heterocycles. The van der Waals surface area contributed by atoms with Crippen LogP contribution >= 0.6 is 0 Å². The van der Waals surface area contributed by atoms with Crippen molar-refractivity contribution in [1.82, 2.24) is 14.8 Å². The standard InChI is InChI=1S/C32H35FN4O4/c1-23-7-9-25(10-8-23)30-21-29(24-11-13-26(40-2)14-12-24)34-37(30)31(38)22-36(16-15-35-17-19-41-20-18-35)32(39)27-5-3-4-6-28(27)33/h3-14,30H,15-22H2,1-2H3. The molecule has 0 aromatic heterocycles. The van der Waals surface area contributed by atoms with Gasteiger partial charge in [-0.1, -0.05) is 42.0 Å². The number of nitrogens with zero attached hydrogens (tertiary/aromatic N) is 4. The van der Waals surface area contributed by atoms with Crippen molar-refractivity contribution in [1.29, 1.82) is 0 Å². The van der Waals surface area contributed by atoms with E-state index in [1.165, 1.54) is 22.0 Å². The fourth-order valence-electron chi connectivity index (χ4n) is 5.13. The van der Waals surface area contributed by atoms with Gasteiger partial charge in [0.05, 0.1) is 37.6 Å². The number of halogens is 1. The second kappa shape index (κ2) is 13.1. The number of aryl methyl sites for hydroxylation is 1. The molecule has 1 unspecified atom stereocenters. The van der Waals surface area contributed by atoms with Crippen LogP contribution < -0.4 is 4.74 Å². The maximum Gasteiger partial charge on any atom is 0.262 e. The first kappa shape index (κ1) is 28.4. The Hall–Kier alpha value is -4.08. The summed E-state index contributed by atoms with van der Waals surface area (Å²) < 4.78 is 25.4. The van der Waals surface area contributed by atoms with E-state index in [0.29, 0.717) is 26.2 Å². The zero-order valence-corrected chi connectivity index (χ0v) is 23.5. The lowest BCUT2D eigenvalue weighted by Gasteiger charge is -2.31. The minimum absolute atomic E-state index is 0.0544. The normalized spacial score (nSPS) is 17.3. The van der Waals surface area contributed by atoms with Crippen molar-refractivity contribution < 1.29 is 23.5 Å². The summed E-state index contributed by atoms with van der Waals surface area (Å²) in [6.45, 7) is 5.35. The van der Waals surface area contributed by atoms with Crippen LogP contribution in [0.5, 0.6) is 5.75 Å². The molecular formula is C32H35FN4O4. The van der Waals surface area contributed by atoms with Crippen molar-refractivity contribution in [3.8, 4) is 5.75 Å². The molecule has 1 atom stereocenters. The zero-order chi connectivity index (χ0) is 28.8. The summed E-state index contributed by atoms with van der Waals surface area (Å²) in [6, 6.07) is 21.2. The van der Waals surface area contributed by atoms with E-state index in [-0.39, 0.29) is 30.6 Å². The Bertz CT molecular complexity index is 1390. The Kier molecular flexibility index (Phi) is 9.06. The van der Waals surface area contributed by atoms with Gasteiger partial charge in [0.15, 0.2) is 0 Å². The van der Waals surface area contributed by atoms with E-state index in [1.54, 1.807) is 19.2 Å². The van der Waals surface area contributed by atoms with Gasteiger partial charge in [0.2, 0.25) is 0 Å². The Morgan fingerprint density at radius 3 is 2.41 bits per heavy atom. The number of ether oxygens (including phenoxy) is 2. The summed E-state index contributed by atoms with van der Waals surface area (Å²) in [5, 5.41) is 6.25. The summed E-state index contributed by atoms with van der Waals surface area (Å²) in [4.78, 5) is 31.1. The van der Waals surface area contributed by atoms with Gasteiger partial charge in [0.1, 0.15) is 18.1 Å². The van der Waals surface area contributed by atoms with Gasteiger partial charge in [-0.3, -0.25) is 14.5 Å². The highest BCUT2D eigenvalue weighted by molar-refractivity contribution is 6.04. The van der Waals surface area contributed by atoms with E-state index < -0.39 is 11.7 Å². The minimum atomic E-state index is -0.611. The predicted molar refractivity (Wildman–Crippen MR) is 154 cm³/mol. The highest BCUT2D eigenvalue weighted by Gasteiger charge is 2.35. The number of hydrogen-bond acceptors (Lipinski definition) is 6. The fraction of sp³-hybridized carbons (Fsp3) is 0.344. The van der Waals surface area contributed by atoms with E-state index in [2.05, 4.69) is 4.90 Å². The number of carbonyl (C=O) groups excluding carboxylic acids is 2. The highest BCUT2D eigenvalue weighted by Crippen LogP contribution is 2.33. The monoisotopic (exact) mass is 558 g/mol. The fourth-order valence-corrected chi connectivity index (χ4v) is 5.13. The van der Waals surface area contributed by atoms with Gasteiger partial charge in [0, 0.05) is 32.6 Å². The summed E-state index contributed by atoms with van der Waals surface area (Å²) in [5.74, 6) is -0.723. The van der Waals surface area contributed by atoms with Crippen LogP contribution in [0.15, 0.2) is 77.9 Å². The van der Waals surface area contributed by atoms with Crippen LogP contribution in [0.4, 0.5) is 4.39 Å². The van der Waals surface area contributed by atoms with Crippen molar-refractivity contribution in [2.24, 2.45) is 5.10 Å². The molecule has 9 heteroatoms. The molecule has 41 heavy (non-hydrogen) atoms. The number of amides is 2. The topological polar surface area (TPSA) is 74.7 Å². The van der Waals surface area contributed by atoms with Crippen LogP contribution in [0.2, 0.25) is 0 Å². The quantitative estimate of drug-likeness (QED) is 0.392. The van der Waals surface area contributed by atoms with Crippen molar-refractivity contribution in [2.45, 2.75) is 19.4 Å². The summed E-state index contributed by atoms with van der Waals surface area (Å²) >= 11 is 0. The largest absolute Gasteiger partial charge is 0.497 e. The zero-order valence-electron chi connectivity index (χ0n) is 23.5. The Morgan fingerprint density at radius 2 is 1.73 bits per heavy atom. The number of morpholine rings is 1. The molecular weight excluding hydrogens is 523 g/mol. The molecule has 5 rings (SSSR count). The Labute approximate surface area is 240 Å². The molecule has 0 spiro atoms. The lowest BCUT2D eigenvalue weighted by Crippen LogP contribution is -2.46. The van der Waals surface area contributed by atoms with Gasteiger partial charge in [0.25, 0.3) is 11.8 Å². The molecule has 3 aromatic carbocycles. The second-order valence-electron chi connectivity index (χ2n) is 10.3. The van der Waals surface area contributed by atoms with Gasteiger partial charge in [-0.25, -0.2) is 9.40 Å². The molecule has 3 aromatic rings. The van der Waals surface area contributed by atoms with Crippen LogP contribution in [0.3, 0.4) is 0 Å². The molecule has 0 bridgehead atoms. The number of benzene rings is 3. The van der Waals surface area contributed by atoms with Crippen LogP contribution in [-0.2, 0) is 9.53 Å². The molecule has 1 saturated heterocycles. The Balaban J connectivity index is 1.42.